The van der Waals surface area contributed by atoms with Crippen molar-refractivity contribution in [2.45, 2.75) is 0 Å². The fourth-order valence-corrected chi connectivity index (χ4v) is 2.16. The Balaban J connectivity index is 2.26. The molecular formula is C19H18N2O5. The van der Waals surface area contributed by atoms with E-state index in [2.05, 4.69) is 0 Å². The molecule has 3 amide bonds. The van der Waals surface area contributed by atoms with Gasteiger partial charge in [0.1, 0.15) is 5.75 Å². The molecule has 0 spiro atoms. The van der Waals surface area contributed by atoms with Gasteiger partial charge in [-0.3, -0.25) is 10.1 Å². The maximum absolute atomic E-state index is 12.5. The van der Waals surface area contributed by atoms with Crippen LogP contribution in [0.1, 0.15) is 11.1 Å². The van der Waals surface area contributed by atoms with Crippen LogP contribution >= 0.6 is 0 Å². The zero-order valence-corrected chi connectivity index (χ0v) is 14.1. The van der Waals surface area contributed by atoms with E-state index in [0.29, 0.717) is 11.3 Å². The van der Waals surface area contributed by atoms with Gasteiger partial charge in [-0.15, -0.1) is 0 Å². The number of amides is 3. The summed E-state index contributed by atoms with van der Waals surface area (Å²) < 4.78 is 10.2. The highest BCUT2D eigenvalue weighted by Gasteiger charge is 2.16. The number of nitrogens with one attached hydrogen (secondary N) is 1. The summed E-state index contributed by atoms with van der Waals surface area (Å²) in [6, 6.07) is 15.0. The molecule has 0 aliphatic carbocycles. The lowest BCUT2D eigenvalue weighted by Crippen LogP contribution is -2.37. The zero-order chi connectivity index (χ0) is 18.9. The van der Waals surface area contributed by atoms with E-state index in [1.54, 1.807) is 61.7 Å². The first-order valence-corrected chi connectivity index (χ1v) is 7.67. The van der Waals surface area contributed by atoms with Gasteiger partial charge in [0.2, 0.25) is 0 Å². The van der Waals surface area contributed by atoms with Crippen molar-refractivity contribution in [1.29, 1.82) is 0 Å². The van der Waals surface area contributed by atoms with E-state index in [0.717, 1.165) is 5.56 Å². The maximum atomic E-state index is 12.5. The number of carbonyl (C=O) groups is 3. The van der Waals surface area contributed by atoms with Gasteiger partial charge in [-0.1, -0.05) is 42.5 Å². The molecular weight excluding hydrogens is 336 g/mol. The van der Waals surface area contributed by atoms with Crippen molar-refractivity contribution < 1.29 is 23.9 Å². The smallest absolute Gasteiger partial charge is 0.339 e. The molecule has 2 aromatic carbocycles. The lowest BCUT2D eigenvalue weighted by Gasteiger charge is -2.09. The molecule has 2 aromatic rings. The average molecular weight is 354 g/mol. The second kappa shape index (κ2) is 9.03. The molecule has 7 heteroatoms. The van der Waals surface area contributed by atoms with Crippen LogP contribution in [0.2, 0.25) is 0 Å². The van der Waals surface area contributed by atoms with Crippen LogP contribution in [0.5, 0.6) is 5.75 Å². The monoisotopic (exact) mass is 354 g/mol. The predicted molar refractivity (Wildman–Crippen MR) is 96.0 cm³/mol. The molecule has 134 valence electrons. The summed E-state index contributed by atoms with van der Waals surface area (Å²) in [7, 11) is 1.55. The van der Waals surface area contributed by atoms with E-state index in [1.807, 2.05) is 11.4 Å². The largest absolute Gasteiger partial charge is 0.497 e. The van der Waals surface area contributed by atoms with E-state index in [-0.39, 0.29) is 5.57 Å². The third kappa shape index (κ3) is 5.48. The Hall–Kier alpha value is -3.61. The van der Waals surface area contributed by atoms with Gasteiger partial charge in [-0.2, -0.15) is 0 Å². The van der Waals surface area contributed by atoms with Crippen LogP contribution in [0.4, 0.5) is 4.79 Å². The van der Waals surface area contributed by atoms with Crippen LogP contribution in [-0.2, 0) is 14.3 Å². The van der Waals surface area contributed by atoms with E-state index in [9.17, 15) is 14.4 Å². The lowest BCUT2D eigenvalue weighted by molar-refractivity contribution is -0.142. The van der Waals surface area contributed by atoms with E-state index in [1.165, 1.54) is 0 Å². The first-order chi connectivity index (χ1) is 12.5. The van der Waals surface area contributed by atoms with Gasteiger partial charge in [0, 0.05) is 0 Å². The number of benzene rings is 2. The van der Waals surface area contributed by atoms with Gasteiger partial charge in [0.25, 0.3) is 5.91 Å². The van der Waals surface area contributed by atoms with Crippen LogP contribution in [-0.4, -0.2) is 31.6 Å². The summed E-state index contributed by atoms with van der Waals surface area (Å²) >= 11 is 0. The number of carbonyl (C=O) groups excluding carboxylic acids is 3. The number of esters is 1. The predicted octanol–water partition coefficient (Wildman–Crippen LogP) is 1.97. The minimum Gasteiger partial charge on any atom is -0.497 e. The Morgan fingerprint density at radius 1 is 1.08 bits per heavy atom. The summed E-state index contributed by atoms with van der Waals surface area (Å²) in [5.41, 5.74) is 6.45. The number of hydrogen-bond donors (Lipinski definition) is 2. The van der Waals surface area contributed by atoms with Crippen LogP contribution in [0.3, 0.4) is 0 Å². The summed E-state index contributed by atoms with van der Waals surface area (Å²) in [6.45, 7) is -0.621. The van der Waals surface area contributed by atoms with Crippen molar-refractivity contribution in [3.8, 4) is 5.75 Å². The Kier molecular flexibility index (Phi) is 6.50. The van der Waals surface area contributed by atoms with Crippen molar-refractivity contribution in [3.05, 3.63) is 65.7 Å². The number of ether oxygens (including phenoxy) is 2. The number of methoxy groups -OCH3 is 1. The molecule has 0 aliphatic rings. The molecule has 3 N–H and O–H groups in total. The van der Waals surface area contributed by atoms with Gasteiger partial charge in [0.15, 0.2) is 6.61 Å². The topological polar surface area (TPSA) is 108 Å². The minimum absolute atomic E-state index is 0.255. The highest BCUT2D eigenvalue weighted by atomic mass is 16.5. The van der Waals surface area contributed by atoms with Crippen LogP contribution in [0, 0.1) is 0 Å². The van der Waals surface area contributed by atoms with Gasteiger partial charge >= 0.3 is 12.0 Å². The number of hydrogen-bond acceptors (Lipinski definition) is 5. The van der Waals surface area contributed by atoms with E-state index >= 15 is 0 Å². The van der Waals surface area contributed by atoms with Crippen LogP contribution in [0.25, 0.3) is 11.6 Å². The van der Waals surface area contributed by atoms with Crippen molar-refractivity contribution in [2.75, 3.05) is 13.7 Å². The molecule has 26 heavy (non-hydrogen) atoms. The molecule has 0 radical (unpaired) electrons. The van der Waals surface area contributed by atoms with Crippen molar-refractivity contribution >= 4 is 29.6 Å². The molecule has 0 aliphatic heterocycles. The molecule has 0 bridgehead atoms. The fourth-order valence-electron chi connectivity index (χ4n) is 2.16. The Morgan fingerprint density at radius 3 is 2.46 bits per heavy atom. The number of rotatable bonds is 6. The average Bonchev–Trinajstić information content (AvgIpc) is 2.64. The number of primary amides is 1. The number of urea groups is 1. The molecule has 0 fully saturated rings. The third-order valence-electron chi connectivity index (χ3n) is 3.31. The summed E-state index contributed by atoms with van der Waals surface area (Å²) in [5, 5.41) is 1.83. The minimum atomic E-state index is -1.01. The van der Waals surface area contributed by atoms with Gasteiger partial charge < -0.3 is 15.2 Å². The second-order valence-electron chi connectivity index (χ2n) is 5.19. The number of imide groups is 1. The summed E-state index contributed by atoms with van der Waals surface area (Å²) in [5.74, 6) is -0.876. The highest BCUT2D eigenvalue weighted by Crippen LogP contribution is 2.22. The van der Waals surface area contributed by atoms with Gasteiger partial charge in [-0.25, -0.2) is 9.59 Å². The van der Waals surface area contributed by atoms with Gasteiger partial charge in [0.05, 0.1) is 12.7 Å². The maximum Gasteiger partial charge on any atom is 0.339 e. The molecule has 7 nitrogen and oxygen atoms in total. The molecule has 2 rings (SSSR count). The molecule has 0 atom stereocenters. The Bertz CT molecular complexity index is 831. The van der Waals surface area contributed by atoms with E-state index in [4.69, 9.17) is 15.2 Å². The molecule has 0 aromatic heterocycles. The van der Waals surface area contributed by atoms with Crippen LogP contribution < -0.4 is 15.8 Å². The fraction of sp³-hybridized carbons (Fsp3) is 0.105. The first-order valence-electron chi connectivity index (χ1n) is 7.67. The second-order valence-corrected chi connectivity index (χ2v) is 5.19. The first kappa shape index (κ1) is 18.7. The molecule has 0 saturated carbocycles. The standard InChI is InChI=1S/C19H18N2O5/c1-25-15-9-5-6-13(10-15)11-16(14-7-3-2-4-8-14)18(23)26-12-17(22)21-19(20)24/h2-11H,12H2,1H3,(H3,20,21,22,24). The highest BCUT2D eigenvalue weighted by molar-refractivity contribution is 6.21. The van der Waals surface area contributed by atoms with E-state index < -0.39 is 24.5 Å². The normalized spacial score (nSPS) is 10.7. The van der Waals surface area contributed by atoms with Crippen molar-refractivity contribution in [1.82, 2.24) is 5.32 Å². The van der Waals surface area contributed by atoms with Crippen molar-refractivity contribution in [3.63, 3.8) is 0 Å². The Morgan fingerprint density at radius 2 is 1.81 bits per heavy atom. The summed E-state index contributed by atoms with van der Waals surface area (Å²) in [6.07, 6.45) is 1.63. The zero-order valence-electron chi connectivity index (χ0n) is 14.1. The molecule has 0 heterocycles. The SMILES string of the molecule is COc1cccc(C=C(C(=O)OCC(=O)NC(N)=O)c2ccccc2)c1. The lowest BCUT2D eigenvalue weighted by atomic mass is 10.0. The molecule has 0 unspecified atom stereocenters. The molecule has 0 saturated heterocycles. The van der Waals surface area contributed by atoms with Crippen LogP contribution in [0.15, 0.2) is 54.6 Å². The third-order valence-corrected chi connectivity index (χ3v) is 3.31. The van der Waals surface area contributed by atoms with Gasteiger partial charge in [-0.05, 0) is 29.3 Å². The summed E-state index contributed by atoms with van der Waals surface area (Å²) in [4.78, 5) is 34.5. The Labute approximate surface area is 150 Å². The quantitative estimate of drug-likeness (QED) is 0.468. The number of nitrogens with two attached hydrogens (primary N) is 1. The van der Waals surface area contributed by atoms with Crippen molar-refractivity contribution in [2.24, 2.45) is 5.73 Å².